The first-order chi connectivity index (χ1) is 11.2. The fraction of sp³-hybridized carbons (Fsp3) is 0. The minimum Gasteiger partial charge on any atom is -0.382 e. The number of fused-ring (bicyclic) bond motifs is 1. The molecule has 0 aliphatic rings. The molecule has 1 heterocycles. The Morgan fingerprint density at radius 2 is 1.91 bits per heavy atom. The van der Waals surface area contributed by atoms with Crippen LogP contribution in [0.3, 0.4) is 0 Å². The summed E-state index contributed by atoms with van der Waals surface area (Å²) in [5.74, 6) is -0.392. The molecule has 23 heavy (non-hydrogen) atoms. The van der Waals surface area contributed by atoms with Gasteiger partial charge in [-0.3, -0.25) is 10.8 Å². The number of hydrazone groups is 1. The van der Waals surface area contributed by atoms with Crippen molar-refractivity contribution in [2.24, 2.45) is 10.8 Å². The number of benzene rings is 2. The average molecular weight is 304 g/mol. The van der Waals surface area contributed by atoms with Crippen LogP contribution in [0.1, 0.15) is 0 Å². The highest BCUT2D eigenvalue weighted by molar-refractivity contribution is 6.45. The first kappa shape index (κ1) is 14.2. The molecule has 3 rings (SSSR count). The second kappa shape index (κ2) is 5.95. The summed E-state index contributed by atoms with van der Waals surface area (Å²) in [4.78, 5) is 1.55. The van der Waals surface area contributed by atoms with Gasteiger partial charge in [0.05, 0.1) is 11.4 Å². The molecule has 0 aliphatic carbocycles. The van der Waals surface area contributed by atoms with E-state index in [2.05, 4.69) is 20.7 Å². The largest absolute Gasteiger partial charge is 0.382 e. The average Bonchev–Trinajstić information content (AvgIpc) is 2.99. The third kappa shape index (κ3) is 2.98. The summed E-state index contributed by atoms with van der Waals surface area (Å²) in [5.41, 5.74) is 10.6. The van der Waals surface area contributed by atoms with Gasteiger partial charge in [0, 0.05) is 0 Å². The number of rotatable bonds is 4. The first-order valence-electron chi connectivity index (χ1n) is 6.68. The van der Waals surface area contributed by atoms with Crippen LogP contribution in [0.4, 0.5) is 5.69 Å². The standard InChI is InChI=1S/C15H12N8/c16-9-14(15(17)18)20-19-10-6-7-12-13(8-10)22-23(21-12)11-4-2-1-3-5-11/h1-8,19H,(H3,17,18)/b20-14+. The molecule has 0 bridgehead atoms. The van der Waals surface area contributed by atoms with E-state index < -0.39 is 5.84 Å². The molecule has 0 unspecified atom stereocenters. The molecular weight excluding hydrogens is 292 g/mol. The molecule has 1 aromatic heterocycles. The van der Waals surface area contributed by atoms with Crippen molar-refractivity contribution in [3.8, 4) is 11.8 Å². The summed E-state index contributed by atoms with van der Waals surface area (Å²) < 4.78 is 0. The molecule has 2 aromatic carbocycles. The fourth-order valence-corrected chi connectivity index (χ4v) is 1.93. The van der Waals surface area contributed by atoms with Crippen LogP contribution in [0.25, 0.3) is 16.7 Å². The van der Waals surface area contributed by atoms with Crippen molar-refractivity contribution in [3.63, 3.8) is 0 Å². The number of hydrogen-bond donors (Lipinski definition) is 3. The van der Waals surface area contributed by atoms with Crippen molar-refractivity contribution in [2.45, 2.75) is 0 Å². The molecule has 0 radical (unpaired) electrons. The smallest absolute Gasteiger partial charge is 0.201 e. The first-order valence-corrected chi connectivity index (χ1v) is 6.68. The monoisotopic (exact) mass is 304 g/mol. The topological polar surface area (TPSA) is 129 Å². The van der Waals surface area contributed by atoms with Gasteiger partial charge in [-0.05, 0) is 30.3 Å². The van der Waals surface area contributed by atoms with E-state index in [1.807, 2.05) is 30.3 Å². The van der Waals surface area contributed by atoms with Crippen LogP contribution in [0.15, 0.2) is 53.6 Å². The molecule has 0 saturated heterocycles. The molecule has 0 fully saturated rings. The number of nitriles is 1. The molecule has 3 aromatic rings. The van der Waals surface area contributed by atoms with Gasteiger partial charge in [-0.1, -0.05) is 18.2 Å². The lowest BCUT2D eigenvalue weighted by molar-refractivity contribution is 0.766. The van der Waals surface area contributed by atoms with Crippen LogP contribution in [-0.4, -0.2) is 26.5 Å². The maximum absolute atomic E-state index is 8.81. The second-order valence-corrected chi connectivity index (χ2v) is 4.63. The number of para-hydroxylation sites is 1. The van der Waals surface area contributed by atoms with Crippen LogP contribution in [0.2, 0.25) is 0 Å². The van der Waals surface area contributed by atoms with Crippen molar-refractivity contribution in [3.05, 3.63) is 48.5 Å². The van der Waals surface area contributed by atoms with Crippen molar-refractivity contribution < 1.29 is 0 Å². The Kier molecular flexibility index (Phi) is 3.68. The van der Waals surface area contributed by atoms with Crippen LogP contribution in [0, 0.1) is 16.7 Å². The number of nitrogens with two attached hydrogens (primary N) is 1. The van der Waals surface area contributed by atoms with Crippen molar-refractivity contribution in [1.29, 1.82) is 10.7 Å². The lowest BCUT2D eigenvalue weighted by atomic mass is 10.3. The van der Waals surface area contributed by atoms with Crippen molar-refractivity contribution in [1.82, 2.24) is 15.0 Å². The van der Waals surface area contributed by atoms with Gasteiger partial charge in [0.1, 0.15) is 17.1 Å². The summed E-state index contributed by atoms with van der Waals surface area (Å²) in [6, 6.07) is 16.6. The number of hydrogen-bond acceptors (Lipinski definition) is 6. The number of nitrogens with zero attached hydrogens (tertiary/aromatic N) is 5. The Bertz CT molecular complexity index is 933. The van der Waals surface area contributed by atoms with E-state index in [4.69, 9.17) is 16.4 Å². The van der Waals surface area contributed by atoms with Crippen LogP contribution in [-0.2, 0) is 0 Å². The molecule has 0 spiro atoms. The molecule has 0 atom stereocenters. The number of aromatic nitrogens is 3. The highest BCUT2D eigenvalue weighted by Crippen LogP contribution is 2.17. The minimum atomic E-state index is -0.392. The fourth-order valence-electron chi connectivity index (χ4n) is 1.93. The van der Waals surface area contributed by atoms with Gasteiger partial charge in [0.15, 0.2) is 5.84 Å². The normalized spacial score (nSPS) is 11.2. The molecule has 0 amide bonds. The Hall–Kier alpha value is -3.73. The molecule has 8 nitrogen and oxygen atoms in total. The summed E-state index contributed by atoms with van der Waals surface area (Å²) in [7, 11) is 0. The Morgan fingerprint density at radius 3 is 2.61 bits per heavy atom. The van der Waals surface area contributed by atoms with Crippen molar-refractivity contribution >= 4 is 28.3 Å². The van der Waals surface area contributed by atoms with Crippen LogP contribution < -0.4 is 11.2 Å². The number of amidine groups is 1. The van der Waals surface area contributed by atoms with Gasteiger partial charge >= 0.3 is 0 Å². The van der Waals surface area contributed by atoms with Gasteiger partial charge in [0.25, 0.3) is 0 Å². The highest BCUT2D eigenvalue weighted by atomic mass is 15.5. The maximum atomic E-state index is 8.81. The van der Waals surface area contributed by atoms with Gasteiger partial charge < -0.3 is 5.73 Å². The zero-order valence-corrected chi connectivity index (χ0v) is 11.9. The highest BCUT2D eigenvalue weighted by Gasteiger charge is 2.06. The van der Waals surface area contributed by atoms with Crippen LogP contribution in [0.5, 0.6) is 0 Å². The molecule has 112 valence electrons. The van der Waals surface area contributed by atoms with Gasteiger partial charge in [0.2, 0.25) is 5.71 Å². The molecule has 0 aliphatic heterocycles. The molecule has 0 saturated carbocycles. The Balaban J connectivity index is 1.91. The number of nitrogens with one attached hydrogen (secondary N) is 2. The zero-order valence-electron chi connectivity index (χ0n) is 11.9. The van der Waals surface area contributed by atoms with E-state index >= 15 is 0 Å². The zero-order chi connectivity index (χ0) is 16.2. The SMILES string of the molecule is N#C/C(=N\Nc1ccc2nn(-c3ccccc3)nc2c1)C(=N)N. The van der Waals surface area contributed by atoms with Gasteiger partial charge in [-0.2, -0.15) is 15.2 Å². The third-order valence-corrected chi connectivity index (χ3v) is 3.03. The van der Waals surface area contributed by atoms with E-state index in [-0.39, 0.29) is 5.71 Å². The summed E-state index contributed by atoms with van der Waals surface area (Å²) in [6.07, 6.45) is 0. The molecule has 4 N–H and O–H groups in total. The van der Waals surface area contributed by atoms with E-state index in [0.717, 1.165) is 11.2 Å². The maximum Gasteiger partial charge on any atom is 0.201 e. The Morgan fingerprint density at radius 1 is 1.17 bits per heavy atom. The predicted molar refractivity (Wildman–Crippen MR) is 87.4 cm³/mol. The minimum absolute atomic E-state index is 0.182. The van der Waals surface area contributed by atoms with E-state index in [0.29, 0.717) is 11.2 Å². The van der Waals surface area contributed by atoms with E-state index in [9.17, 15) is 0 Å². The van der Waals surface area contributed by atoms with Crippen LogP contribution >= 0.6 is 0 Å². The lowest BCUT2D eigenvalue weighted by Crippen LogP contribution is -2.21. The Labute approximate surface area is 131 Å². The molecular formula is C15H12N8. The summed E-state index contributed by atoms with van der Waals surface area (Å²) in [5, 5.41) is 28.6. The third-order valence-electron chi connectivity index (χ3n) is 3.03. The van der Waals surface area contributed by atoms with E-state index in [1.165, 1.54) is 0 Å². The van der Waals surface area contributed by atoms with Crippen molar-refractivity contribution in [2.75, 3.05) is 5.43 Å². The summed E-state index contributed by atoms with van der Waals surface area (Å²) in [6.45, 7) is 0. The quantitative estimate of drug-likeness (QED) is 0.383. The lowest BCUT2D eigenvalue weighted by Gasteiger charge is -2.00. The number of anilines is 1. The van der Waals surface area contributed by atoms with Gasteiger partial charge in [-0.25, -0.2) is 0 Å². The second-order valence-electron chi connectivity index (χ2n) is 4.63. The molecule has 8 heteroatoms. The van der Waals surface area contributed by atoms with Gasteiger partial charge in [-0.15, -0.1) is 10.2 Å². The summed E-state index contributed by atoms with van der Waals surface area (Å²) >= 11 is 0. The predicted octanol–water partition coefficient (Wildman–Crippen LogP) is 1.65. The van der Waals surface area contributed by atoms with E-state index in [1.54, 1.807) is 29.1 Å².